The number of H-pyrrole nitrogens is 1. The Bertz CT molecular complexity index is 737. The van der Waals surface area contributed by atoms with Gasteiger partial charge in [-0.3, -0.25) is 9.82 Å². The number of hydrogen-bond donors (Lipinski definition) is 3. The van der Waals surface area contributed by atoms with Gasteiger partial charge in [0.15, 0.2) is 5.82 Å². The SMILES string of the molecule is O=C(O)c1cc(NS(=O)(=O)c2cc(Cl)sc2Cl)n[nH]1. The quantitative estimate of drug-likeness (QED) is 0.789. The first-order chi connectivity index (χ1) is 8.79. The van der Waals surface area contributed by atoms with Crippen LogP contribution in [0.5, 0.6) is 0 Å². The third-order valence-corrected chi connectivity index (χ3v) is 5.07. The Morgan fingerprint density at radius 1 is 1.42 bits per heavy atom. The first-order valence-corrected chi connectivity index (χ1v) is 7.61. The highest BCUT2D eigenvalue weighted by atomic mass is 35.5. The average Bonchev–Trinajstić information content (AvgIpc) is 2.85. The largest absolute Gasteiger partial charge is 0.477 e. The van der Waals surface area contributed by atoms with Gasteiger partial charge in [-0.05, 0) is 6.07 Å². The maximum Gasteiger partial charge on any atom is 0.353 e. The molecule has 0 bridgehead atoms. The van der Waals surface area contributed by atoms with Crippen LogP contribution in [0.25, 0.3) is 0 Å². The lowest BCUT2D eigenvalue weighted by molar-refractivity contribution is 0.0690. The summed E-state index contributed by atoms with van der Waals surface area (Å²) >= 11 is 12.3. The van der Waals surface area contributed by atoms with Gasteiger partial charge in [-0.25, -0.2) is 13.2 Å². The molecular formula is C8H5Cl2N3O4S2. The number of aromatic nitrogens is 2. The van der Waals surface area contributed by atoms with Gasteiger partial charge in [0.05, 0.1) is 4.34 Å². The molecule has 0 spiro atoms. The highest BCUT2D eigenvalue weighted by Gasteiger charge is 2.22. The molecule has 2 heterocycles. The van der Waals surface area contributed by atoms with Crippen molar-refractivity contribution < 1.29 is 18.3 Å². The summed E-state index contributed by atoms with van der Waals surface area (Å²) in [7, 11) is -3.97. The highest BCUT2D eigenvalue weighted by molar-refractivity contribution is 7.93. The minimum Gasteiger partial charge on any atom is -0.477 e. The number of aromatic carboxylic acids is 1. The number of rotatable bonds is 4. The number of halogens is 2. The Balaban J connectivity index is 2.31. The van der Waals surface area contributed by atoms with Crippen molar-refractivity contribution in [1.82, 2.24) is 10.2 Å². The van der Waals surface area contributed by atoms with Crippen molar-refractivity contribution in [1.29, 1.82) is 0 Å². The van der Waals surface area contributed by atoms with E-state index in [1.54, 1.807) is 0 Å². The third-order valence-electron chi connectivity index (χ3n) is 1.96. The Morgan fingerprint density at radius 3 is 2.58 bits per heavy atom. The Morgan fingerprint density at radius 2 is 2.11 bits per heavy atom. The second-order valence-electron chi connectivity index (χ2n) is 3.27. The zero-order valence-corrected chi connectivity index (χ0v) is 12.0. The summed E-state index contributed by atoms with van der Waals surface area (Å²) < 4.78 is 26.3. The number of aromatic amines is 1. The molecule has 0 unspecified atom stereocenters. The molecule has 19 heavy (non-hydrogen) atoms. The van der Waals surface area contributed by atoms with Crippen LogP contribution in [-0.2, 0) is 10.0 Å². The maximum absolute atomic E-state index is 12.0. The van der Waals surface area contributed by atoms with Crippen molar-refractivity contribution in [3.05, 3.63) is 26.5 Å². The molecule has 2 aromatic heterocycles. The Kier molecular flexibility index (Phi) is 3.72. The van der Waals surface area contributed by atoms with Crippen LogP contribution in [0.4, 0.5) is 5.82 Å². The molecule has 3 N–H and O–H groups in total. The highest BCUT2D eigenvalue weighted by Crippen LogP contribution is 2.34. The zero-order valence-electron chi connectivity index (χ0n) is 8.85. The lowest BCUT2D eigenvalue weighted by atomic mass is 10.4. The number of thiophene rings is 1. The van der Waals surface area contributed by atoms with Crippen molar-refractivity contribution >= 4 is 56.3 Å². The number of carboxylic acid groups (broad SMARTS) is 1. The lowest BCUT2D eigenvalue weighted by Crippen LogP contribution is -2.12. The van der Waals surface area contributed by atoms with Gasteiger partial charge in [0, 0.05) is 6.07 Å². The Hall–Kier alpha value is -1.29. The number of sulfonamides is 1. The first-order valence-electron chi connectivity index (χ1n) is 4.56. The topological polar surface area (TPSA) is 112 Å². The molecule has 0 aliphatic carbocycles. The molecule has 0 radical (unpaired) electrons. The second-order valence-corrected chi connectivity index (χ2v) is 7.20. The minimum absolute atomic E-state index is 0.00601. The predicted molar refractivity (Wildman–Crippen MR) is 70.7 cm³/mol. The van der Waals surface area contributed by atoms with Crippen molar-refractivity contribution in [2.45, 2.75) is 4.90 Å². The van der Waals surface area contributed by atoms with Crippen LogP contribution < -0.4 is 4.72 Å². The van der Waals surface area contributed by atoms with Gasteiger partial charge in [0.1, 0.15) is 14.9 Å². The molecule has 0 amide bonds. The summed E-state index contributed by atoms with van der Waals surface area (Å²) in [5.74, 6) is -1.41. The van der Waals surface area contributed by atoms with Gasteiger partial charge in [-0.15, -0.1) is 11.3 Å². The van der Waals surface area contributed by atoms with E-state index in [4.69, 9.17) is 28.3 Å². The fraction of sp³-hybridized carbons (Fsp3) is 0. The van der Waals surface area contributed by atoms with Gasteiger partial charge < -0.3 is 5.11 Å². The average molecular weight is 342 g/mol. The van der Waals surface area contributed by atoms with Crippen LogP contribution in [0.1, 0.15) is 10.5 Å². The van der Waals surface area contributed by atoms with Crippen LogP contribution in [0.3, 0.4) is 0 Å². The van der Waals surface area contributed by atoms with Gasteiger partial charge in [0.2, 0.25) is 0 Å². The molecule has 2 rings (SSSR count). The van der Waals surface area contributed by atoms with Gasteiger partial charge in [-0.1, -0.05) is 23.2 Å². The molecule has 0 atom stereocenters. The summed E-state index contributed by atoms with van der Waals surface area (Å²) in [6, 6.07) is 2.24. The number of anilines is 1. The number of nitrogens with one attached hydrogen (secondary N) is 2. The van der Waals surface area contributed by atoms with Crippen LogP contribution in [-0.4, -0.2) is 29.7 Å². The van der Waals surface area contributed by atoms with Crippen LogP contribution in [0.15, 0.2) is 17.0 Å². The van der Waals surface area contributed by atoms with Crippen LogP contribution >= 0.6 is 34.5 Å². The molecule has 0 fully saturated rings. The van der Waals surface area contributed by atoms with E-state index in [9.17, 15) is 13.2 Å². The molecule has 0 aromatic carbocycles. The molecule has 0 saturated heterocycles. The van der Waals surface area contributed by atoms with Crippen molar-refractivity contribution in [2.75, 3.05) is 4.72 Å². The van der Waals surface area contributed by atoms with E-state index in [0.29, 0.717) is 0 Å². The van der Waals surface area contributed by atoms with E-state index < -0.39 is 16.0 Å². The number of hydrogen-bond acceptors (Lipinski definition) is 5. The number of nitrogens with zero attached hydrogens (tertiary/aromatic N) is 1. The molecule has 2 aromatic rings. The minimum atomic E-state index is -3.97. The van der Waals surface area contributed by atoms with Crippen molar-refractivity contribution in [3.8, 4) is 0 Å². The van der Waals surface area contributed by atoms with E-state index in [0.717, 1.165) is 17.4 Å². The van der Waals surface area contributed by atoms with Crippen LogP contribution in [0.2, 0.25) is 8.67 Å². The van der Waals surface area contributed by atoms with E-state index in [2.05, 4.69) is 14.9 Å². The summed E-state index contributed by atoms with van der Waals surface area (Å²) in [5, 5.41) is 14.4. The number of carbonyl (C=O) groups is 1. The normalized spacial score (nSPS) is 11.5. The van der Waals surface area contributed by atoms with Crippen molar-refractivity contribution in [3.63, 3.8) is 0 Å². The van der Waals surface area contributed by atoms with E-state index in [1.165, 1.54) is 6.07 Å². The molecule has 102 valence electrons. The molecule has 0 aliphatic rings. The zero-order chi connectivity index (χ0) is 14.2. The third kappa shape index (κ3) is 3.00. The Labute approximate surface area is 121 Å². The first kappa shape index (κ1) is 14.1. The van der Waals surface area contributed by atoms with Crippen molar-refractivity contribution in [2.24, 2.45) is 0 Å². The van der Waals surface area contributed by atoms with E-state index in [-0.39, 0.29) is 25.1 Å². The predicted octanol–water partition coefficient (Wildman–Crippen LogP) is 2.28. The molecule has 7 nitrogen and oxygen atoms in total. The summed E-state index contributed by atoms with van der Waals surface area (Å²) in [5.41, 5.74) is -0.243. The fourth-order valence-electron chi connectivity index (χ4n) is 1.18. The lowest BCUT2D eigenvalue weighted by Gasteiger charge is -2.02. The summed E-state index contributed by atoms with van der Waals surface area (Å²) in [6.07, 6.45) is 0. The number of carboxylic acids is 1. The smallest absolute Gasteiger partial charge is 0.353 e. The molecule has 0 aliphatic heterocycles. The van der Waals surface area contributed by atoms with E-state index >= 15 is 0 Å². The standard InChI is InChI=1S/C8H5Cl2N3O4S2/c9-5-2-4(7(10)18-5)19(16,17)13-6-1-3(8(14)15)11-12-6/h1-2H,(H,14,15)(H2,11,12,13). The van der Waals surface area contributed by atoms with Gasteiger partial charge >= 0.3 is 5.97 Å². The molecule has 11 heteroatoms. The molecule has 0 saturated carbocycles. The summed E-state index contributed by atoms with van der Waals surface area (Å²) in [6.45, 7) is 0. The monoisotopic (exact) mass is 341 g/mol. The van der Waals surface area contributed by atoms with Gasteiger partial charge in [0.25, 0.3) is 10.0 Å². The van der Waals surface area contributed by atoms with Crippen LogP contribution in [0, 0.1) is 0 Å². The van der Waals surface area contributed by atoms with E-state index in [1.807, 2.05) is 0 Å². The van der Waals surface area contributed by atoms with Gasteiger partial charge in [-0.2, -0.15) is 5.10 Å². The fourth-order valence-corrected chi connectivity index (χ4v) is 4.33. The summed E-state index contributed by atoms with van der Waals surface area (Å²) in [4.78, 5) is 10.4. The molecular weight excluding hydrogens is 337 g/mol. The maximum atomic E-state index is 12.0. The second kappa shape index (κ2) is 5.00.